The maximum Gasteiger partial charge on any atom is 0.225 e. The summed E-state index contributed by atoms with van der Waals surface area (Å²) in [6, 6.07) is 8.97. The van der Waals surface area contributed by atoms with E-state index in [2.05, 4.69) is 55.5 Å². The van der Waals surface area contributed by atoms with E-state index in [0.717, 1.165) is 12.8 Å². The number of hydrogen-bond donors (Lipinski definition) is 2. The first-order chi connectivity index (χ1) is 11.5. The van der Waals surface area contributed by atoms with Gasteiger partial charge >= 0.3 is 0 Å². The van der Waals surface area contributed by atoms with Crippen LogP contribution in [0, 0.1) is 17.8 Å². The number of hydrogen-bond acceptors (Lipinski definition) is 3. The summed E-state index contributed by atoms with van der Waals surface area (Å²) >= 11 is 0. The van der Waals surface area contributed by atoms with Crippen LogP contribution >= 0.6 is 0 Å². The van der Waals surface area contributed by atoms with Crippen LogP contribution in [0.1, 0.15) is 43.4 Å². The number of nitrogens with two attached hydrogens (primary N) is 1. The molecule has 2 saturated carbocycles. The first-order valence-corrected chi connectivity index (χ1v) is 9.29. The Morgan fingerprint density at radius 2 is 1.92 bits per heavy atom. The van der Waals surface area contributed by atoms with Gasteiger partial charge in [0.1, 0.15) is 0 Å². The number of amides is 1. The van der Waals surface area contributed by atoms with E-state index in [1.807, 2.05) is 0 Å². The molecule has 0 aliphatic heterocycles. The molecule has 0 aromatic heterocycles. The highest BCUT2D eigenvalue weighted by atomic mass is 16.2. The highest BCUT2D eigenvalue weighted by molar-refractivity contribution is 5.80. The fourth-order valence-electron chi connectivity index (χ4n) is 4.61. The molecular formula is C20H31N3O. The van der Waals surface area contributed by atoms with Crippen molar-refractivity contribution in [2.45, 2.75) is 44.7 Å². The number of rotatable bonds is 6. The summed E-state index contributed by atoms with van der Waals surface area (Å²) in [4.78, 5) is 14.9. The predicted molar refractivity (Wildman–Crippen MR) is 97.6 cm³/mol. The van der Waals surface area contributed by atoms with Gasteiger partial charge in [-0.05, 0) is 62.7 Å². The fourth-order valence-corrected chi connectivity index (χ4v) is 4.61. The van der Waals surface area contributed by atoms with E-state index >= 15 is 0 Å². The molecule has 1 aromatic rings. The van der Waals surface area contributed by atoms with Gasteiger partial charge in [-0.15, -0.1) is 0 Å². The Hall–Kier alpha value is -1.39. The molecule has 1 aromatic carbocycles. The number of carbonyl (C=O) groups excluding carboxylic acids is 1. The Balaban J connectivity index is 1.62. The number of fused-ring (bicyclic) bond motifs is 2. The largest absolute Gasteiger partial charge is 0.354 e. The van der Waals surface area contributed by atoms with Crippen LogP contribution in [0.4, 0.5) is 0 Å². The molecule has 3 N–H and O–H groups in total. The molecular weight excluding hydrogens is 298 g/mol. The van der Waals surface area contributed by atoms with Crippen molar-refractivity contribution in [1.82, 2.24) is 10.2 Å². The van der Waals surface area contributed by atoms with Crippen molar-refractivity contribution >= 4 is 5.91 Å². The van der Waals surface area contributed by atoms with Gasteiger partial charge in [-0.1, -0.05) is 31.2 Å². The molecule has 5 unspecified atom stereocenters. The zero-order valence-corrected chi connectivity index (χ0v) is 15.2. The van der Waals surface area contributed by atoms with Crippen LogP contribution in [0.3, 0.4) is 0 Å². The minimum Gasteiger partial charge on any atom is -0.354 e. The van der Waals surface area contributed by atoms with Gasteiger partial charge in [0.15, 0.2) is 0 Å². The number of aryl methyl sites for hydroxylation is 1. The lowest BCUT2D eigenvalue weighted by Crippen LogP contribution is -2.46. The molecule has 3 rings (SSSR count). The van der Waals surface area contributed by atoms with Crippen LogP contribution in [0.15, 0.2) is 24.3 Å². The molecule has 4 heteroatoms. The van der Waals surface area contributed by atoms with Gasteiger partial charge in [0.25, 0.3) is 0 Å². The van der Waals surface area contributed by atoms with Crippen LogP contribution < -0.4 is 11.1 Å². The molecule has 2 fully saturated rings. The van der Waals surface area contributed by atoms with E-state index < -0.39 is 0 Å². The van der Waals surface area contributed by atoms with Crippen molar-refractivity contribution in [2.24, 2.45) is 23.5 Å². The quantitative estimate of drug-likeness (QED) is 0.842. The monoisotopic (exact) mass is 329 g/mol. The molecule has 0 heterocycles. The van der Waals surface area contributed by atoms with E-state index in [4.69, 9.17) is 5.73 Å². The number of nitrogens with one attached hydrogen (secondary N) is 1. The van der Waals surface area contributed by atoms with Crippen molar-refractivity contribution in [2.75, 3.05) is 20.6 Å². The molecule has 2 bridgehead atoms. The smallest absolute Gasteiger partial charge is 0.225 e. The minimum absolute atomic E-state index is 0.0222. The first-order valence-electron chi connectivity index (χ1n) is 9.29. The molecule has 24 heavy (non-hydrogen) atoms. The summed E-state index contributed by atoms with van der Waals surface area (Å²) in [7, 11) is 4.13. The van der Waals surface area contributed by atoms with Crippen molar-refractivity contribution < 1.29 is 4.79 Å². The predicted octanol–water partition coefficient (Wildman–Crippen LogP) is 2.34. The van der Waals surface area contributed by atoms with E-state index in [-0.39, 0.29) is 23.9 Å². The third-order valence-corrected chi connectivity index (χ3v) is 6.15. The highest BCUT2D eigenvalue weighted by Gasteiger charge is 2.49. The molecule has 2 aliphatic carbocycles. The molecule has 1 amide bonds. The van der Waals surface area contributed by atoms with Crippen LogP contribution in [0.5, 0.6) is 0 Å². The average molecular weight is 329 g/mol. The van der Waals surface area contributed by atoms with Gasteiger partial charge in [-0.2, -0.15) is 0 Å². The third-order valence-electron chi connectivity index (χ3n) is 6.15. The Labute approximate surface area is 145 Å². The molecule has 0 spiro atoms. The summed E-state index contributed by atoms with van der Waals surface area (Å²) in [5, 5.41) is 3.19. The molecule has 0 saturated heterocycles. The molecule has 132 valence electrons. The zero-order chi connectivity index (χ0) is 17.3. The molecule has 2 aliphatic rings. The van der Waals surface area contributed by atoms with Crippen molar-refractivity contribution in [1.29, 1.82) is 0 Å². The summed E-state index contributed by atoms with van der Waals surface area (Å²) < 4.78 is 0. The Kier molecular flexibility index (Phi) is 5.26. The van der Waals surface area contributed by atoms with Crippen LogP contribution in [-0.4, -0.2) is 37.5 Å². The molecule has 4 nitrogen and oxygen atoms in total. The maximum atomic E-state index is 12.7. The minimum atomic E-state index is 0.0222. The van der Waals surface area contributed by atoms with Crippen molar-refractivity contribution in [3.8, 4) is 0 Å². The summed E-state index contributed by atoms with van der Waals surface area (Å²) in [6.07, 6.45) is 4.58. The number of nitrogens with zero attached hydrogens (tertiary/aromatic N) is 1. The topological polar surface area (TPSA) is 58.4 Å². The Morgan fingerprint density at radius 1 is 1.25 bits per heavy atom. The second kappa shape index (κ2) is 7.24. The van der Waals surface area contributed by atoms with Crippen LogP contribution in [0.25, 0.3) is 0 Å². The lowest BCUT2D eigenvalue weighted by Gasteiger charge is -2.29. The summed E-state index contributed by atoms with van der Waals surface area (Å²) in [5.41, 5.74) is 8.89. The maximum absolute atomic E-state index is 12.7. The van der Waals surface area contributed by atoms with Gasteiger partial charge in [0, 0.05) is 12.6 Å². The lowest BCUT2D eigenvalue weighted by molar-refractivity contribution is -0.127. The second-order valence-electron chi connectivity index (χ2n) is 7.76. The van der Waals surface area contributed by atoms with Gasteiger partial charge < -0.3 is 16.0 Å². The van der Waals surface area contributed by atoms with E-state index in [9.17, 15) is 4.79 Å². The van der Waals surface area contributed by atoms with Gasteiger partial charge in [-0.25, -0.2) is 0 Å². The fraction of sp³-hybridized carbons (Fsp3) is 0.650. The number of likely N-dealkylation sites (N-methyl/N-ethyl adjacent to an activating group) is 1. The second-order valence-corrected chi connectivity index (χ2v) is 7.76. The number of benzene rings is 1. The van der Waals surface area contributed by atoms with E-state index in [1.54, 1.807) is 0 Å². The Bertz CT molecular complexity index is 567. The van der Waals surface area contributed by atoms with Crippen LogP contribution in [-0.2, 0) is 11.2 Å². The normalized spacial score (nSPS) is 29.9. The first kappa shape index (κ1) is 17.4. The standard InChI is InChI=1S/C20H31N3O/c1-4-13-5-7-14(8-6-13)17(23(2)3)12-22-20(24)18-15-9-10-16(11-15)19(18)21/h5-8,15-19H,4,9-12,21H2,1-3H3,(H,22,24). The van der Waals surface area contributed by atoms with E-state index in [0.29, 0.717) is 18.4 Å². The third kappa shape index (κ3) is 3.35. The lowest BCUT2D eigenvalue weighted by atomic mass is 9.84. The van der Waals surface area contributed by atoms with Crippen molar-refractivity contribution in [3.63, 3.8) is 0 Å². The number of carbonyl (C=O) groups is 1. The Morgan fingerprint density at radius 3 is 2.46 bits per heavy atom. The zero-order valence-electron chi connectivity index (χ0n) is 15.2. The molecule has 5 atom stereocenters. The summed E-state index contributed by atoms with van der Waals surface area (Å²) in [5.74, 6) is 1.25. The van der Waals surface area contributed by atoms with E-state index in [1.165, 1.54) is 24.0 Å². The SMILES string of the molecule is CCc1ccc(C(CNC(=O)C2C3CCC(C3)C2N)N(C)C)cc1. The van der Waals surface area contributed by atoms with Crippen LogP contribution in [0.2, 0.25) is 0 Å². The van der Waals surface area contributed by atoms with Gasteiger partial charge in [-0.3, -0.25) is 4.79 Å². The summed E-state index contributed by atoms with van der Waals surface area (Å²) in [6.45, 7) is 2.80. The van der Waals surface area contributed by atoms with Gasteiger partial charge in [0.2, 0.25) is 5.91 Å². The molecule has 0 radical (unpaired) electrons. The highest BCUT2D eigenvalue weighted by Crippen LogP contribution is 2.47. The van der Waals surface area contributed by atoms with Crippen molar-refractivity contribution in [3.05, 3.63) is 35.4 Å². The average Bonchev–Trinajstić information content (AvgIpc) is 3.16. The van der Waals surface area contributed by atoms with Gasteiger partial charge in [0.05, 0.1) is 12.0 Å².